The Morgan fingerprint density at radius 3 is 2.71 bits per heavy atom. The van der Waals surface area contributed by atoms with Crippen molar-refractivity contribution in [2.45, 2.75) is 58.5 Å². The Bertz CT molecular complexity index is 1170. The van der Waals surface area contributed by atoms with E-state index in [0.29, 0.717) is 18.7 Å². The number of likely N-dealkylation sites (N-methyl/N-ethyl adjacent to an activating group) is 1. The Morgan fingerprint density at radius 2 is 1.94 bits per heavy atom. The third-order valence-electron chi connectivity index (χ3n) is 7.74. The van der Waals surface area contributed by atoms with E-state index >= 15 is 0 Å². The average Bonchev–Trinajstić information content (AvgIpc) is 3.29. The molecule has 0 aliphatic carbocycles. The maximum atomic E-state index is 6.24. The first kappa shape index (κ1) is 23.9. The van der Waals surface area contributed by atoms with Gasteiger partial charge < -0.3 is 19.4 Å². The molecule has 1 aromatic heterocycles. The highest BCUT2D eigenvalue weighted by Gasteiger charge is 2.27. The predicted molar refractivity (Wildman–Crippen MR) is 145 cm³/mol. The largest absolute Gasteiger partial charge is 0.462 e. The molecule has 0 amide bonds. The van der Waals surface area contributed by atoms with Gasteiger partial charge in [0.1, 0.15) is 12.4 Å². The smallest absolute Gasteiger partial charge is 0.318 e. The second kappa shape index (κ2) is 10.4. The molecular formula is C29H39N5O. The number of fused-ring (bicyclic) bond motifs is 2. The van der Waals surface area contributed by atoms with Gasteiger partial charge in [0.25, 0.3) is 0 Å². The van der Waals surface area contributed by atoms with Crippen LogP contribution in [-0.2, 0) is 13.0 Å². The number of ether oxygens (including phenoxy) is 1. The molecule has 2 aliphatic heterocycles. The zero-order valence-electron chi connectivity index (χ0n) is 21.8. The average molecular weight is 474 g/mol. The first-order valence-electron chi connectivity index (χ1n) is 13.2. The molecule has 6 nitrogen and oxygen atoms in total. The summed E-state index contributed by atoms with van der Waals surface area (Å²) in [6.45, 7) is 8.98. The number of rotatable bonds is 8. The summed E-state index contributed by atoms with van der Waals surface area (Å²) in [6, 6.07) is 14.2. The van der Waals surface area contributed by atoms with Crippen LogP contribution >= 0.6 is 0 Å². The lowest BCUT2D eigenvalue weighted by Gasteiger charge is -2.33. The molecule has 3 aromatic rings. The first-order valence-corrected chi connectivity index (χ1v) is 13.2. The summed E-state index contributed by atoms with van der Waals surface area (Å²) in [7, 11) is 4.34. The summed E-state index contributed by atoms with van der Waals surface area (Å²) in [5.74, 6) is 1.05. The number of aryl methyl sites for hydroxylation is 1. The van der Waals surface area contributed by atoms with Gasteiger partial charge in [-0.3, -0.25) is 0 Å². The third-order valence-corrected chi connectivity index (χ3v) is 7.74. The van der Waals surface area contributed by atoms with Crippen LogP contribution in [0.4, 0.5) is 11.5 Å². The van der Waals surface area contributed by atoms with Crippen molar-refractivity contribution < 1.29 is 4.74 Å². The van der Waals surface area contributed by atoms with Crippen LogP contribution in [0.15, 0.2) is 36.4 Å². The zero-order chi connectivity index (χ0) is 24.4. The molecule has 2 aliphatic rings. The SMILES string of the molecule is CCCCN(C)c1nc(OC[C@@H]2CCCN2C)nc2c1CCN(c1cccc3cccc(C)c13)C2. The lowest BCUT2D eigenvalue weighted by atomic mass is 10.00. The van der Waals surface area contributed by atoms with E-state index in [4.69, 9.17) is 14.7 Å². The summed E-state index contributed by atoms with van der Waals surface area (Å²) in [4.78, 5) is 17.1. The van der Waals surface area contributed by atoms with Crippen molar-refractivity contribution in [1.82, 2.24) is 14.9 Å². The van der Waals surface area contributed by atoms with Gasteiger partial charge in [-0.25, -0.2) is 0 Å². The van der Waals surface area contributed by atoms with Crippen LogP contribution in [0, 0.1) is 6.92 Å². The van der Waals surface area contributed by atoms with Crippen molar-refractivity contribution in [3.05, 3.63) is 53.2 Å². The summed E-state index contributed by atoms with van der Waals surface area (Å²) in [6.07, 6.45) is 5.68. The number of anilines is 2. The van der Waals surface area contributed by atoms with Gasteiger partial charge in [-0.15, -0.1) is 0 Å². The van der Waals surface area contributed by atoms with Crippen molar-refractivity contribution in [2.24, 2.45) is 0 Å². The Morgan fingerprint density at radius 1 is 1.11 bits per heavy atom. The summed E-state index contributed by atoms with van der Waals surface area (Å²) in [5.41, 5.74) is 4.99. The van der Waals surface area contributed by atoms with E-state index in [2.05, 4.69) is 79.0 Å². The molecule has 0 bridgehead atoms. The zero-order valence-corrected chi connectivity index (χ0v) is 21.8. The van der Waals surface area contributed by atoms with Gasteiger partial charge in [0, 0.05) is 42.8 Å². The van der Waals surface area contributed by atoms with Crippen LogP contribution in [0.25, 0.3) is 10.8 Å². The van der Waals surface area contributed by atoms with Gasteiger partial charge in [0.2, 0.25) is 0 Å². The highest BCUT2D eigenvalue weighted by molar-refractivity contribution is 5.97. The van der Waals surface area contributed by atoms with Gasteiger partial charge in [0.15, 0.2) is 0 Å². The molecule has 1 saturated heterocycles. The number of hydrogen-bond donors (Lipinski definition) is 0. The Kier molecular flexibility index (Phi) is 7.09. The fraction of sp³-hybridized carbons (Fsp3) is 0.517. The maximum absolute atomic E-state index is 6.24. The molecule has 0 N–H and O–H groups in total. The minimum absolute atomic E-state index is 0.450. The first-order chi connectivity index (χ1) is 17.0. The number of likely N-dealkylation sites (tertiary alicyclic amines) is 1. The van der Waals surface area contributed by atoms with Crippen molar-refractivity contribution in [2.75, 3.05) is 50.1 Å². The number of hydrogen-bond acceptors (Lipinski definition) is 6. The molecule has 1 fully saturated rings. The quantitative estimate of drug-likeness (QED) is 0.448. The normalized spacial score (nSPS) is 18.2. The van der Waals surface area contributed by atoms with E-state index in [1.165, 1.54) is 46.8 Å². The molecule has 3 heterocycles. The molecule has 2 aromatic carbocycles. The molecule has 186 valence electrons. The summed E-state index contributed by atoms with van der Waals surface area (Å²) in [5, 5.41) is 2.63. The van der Waals surface area contributed by atoms with Crippen LogP contribution < -0.4 is 14.5 Å². The molecule has 1 atom stereocenters. The fourth-order valence-corrected chi connectivity index (χ4v) is 5.61. The molecule has 35 heavy (non-hydrogen) atoms. The van der Waals surface area contributed by atoms with E-state index in [0.717, 1.165) is 50.5 Å². The van der Waals surface area contributed by atoms with E-state index < -0.39 is 0 Å². The number of unbranched alkanes of at least 4 members (excludes halogenated alkanes) is 1. The van der Waals surface area contributed by atoms with Crippen LogP contribution in [0.5, 0.6) is 6.01 Å². The molecule has 6 heteroatoms. The second-order valence-electron chi connectivity index (χ2n) is 10.2. The molecule has 0 saturated carbocycles. The number of nitrogens with zero attached hydrogens (tertiary/aromatic N) is 5. The maximum Gasteiger partial charge on any atom is 0.318 e. The van der Waals surface area contributed by atoms with Crippen molar-refractivity contribution in [3.63, 3.8) is 0 Å². The summed E-state index contributed by atoms with van der Waals surface area (Å²) >= 11 is 0. The van der Waals surface area contributed by atoms with Gasteiger partial charge in [0.05, 0.1) is 12.2 Å². The van der Waals surface area contributed by atoms with Gasteiger partial charge in [-0.05, 0) is 63.2 Å². The minimum atomic E-state index is 0.450. The Balaban J connectivity index is 1.46. The van der Waals surface area contributed by atoms with Crippen molar-refractivity contribution in [1.29, 1.82) is 0 Å². The monoisotopic (exact) mass is 473 g/mol. The van der Waals surface area contributed by atoms with Gasteiger partial charge in [-0.1, -0.05) is 43.7 Å². The van der Waals surface area contributed by atoms with E-state index in [1.54, 1.807) is 0 Å². The third kappa shape index (κ3) is 4.94. The Hall–Kier alpha value is -2.86. The molecule has 0 spiro atoms. The highest BCUT2D eigenvalue weighted by Crippen LogP contribution is 2.35. The van der Waals surface area contributed by atoms with Gasteiger partial charge >= 0.3 is 6.01 Å². The molecule has 0 radical (unpaired) electrons. The Labute approximate surface area is 209 Å². The van der Waals surface area contributed by atoms with Crippen LogP contribution in [0.1, 0.15) is 49.4 Å². The summed E-state index contributed by atoms with van der Waals surface area (Å²) < 4.78 is 6.24. The van der Waals surface area contributed by atoms with Crippen molar-refractivity contribution in [3.8, 4) is 6.01 Å². The molecule has 0 unspecified atom stereocenters. The minimum Gasteiger partial charge on any atom is -0.462 e. The lowest BCUT2D eigenvalue weighted by Crippen LogP contribution is -2.34. The number of benzene rings is 2. The topological polar surface area (TPSA) is 44.7 Å². The fourth-order valence-electron chi connectivity index (χ4n) is 5.61. The van der Waals surface area contributed by atoms with E-state index in [9.17, 15) is 0 Å². The highest BCUT2D eigenvalue weighted by atomic mass is 16.5. The molecular weight excluding hydrogens is 434 g/mol. The molecule has 5 rings (SSSR count). The lowest BCUT2D eigenvalue weighted by molar-refractivity contribution is 0.187. The van der Waals surface area contributed by atoms with Crippen LogP contribution in [0.3, 0.4) is 0 Å². The standard InChI is InChI=1S/C29H39N5O/c1-5-6-16-33(4)28-24-15-18-34(26-14-8-12-22-11-7-10-21(2)27(22)26)19-25(24)30-29(31-28)35-20-23-13-9-17-32(23)3/h7-8,10-12,14,23H,5-6,9,13,15-20H2,1-4H3/t23-/m0/s1. The number of aromatic nitrogens is 2. The van der Waals surface area contributed by atoms with Crippen LogP contribution in [-0.4, -0.2) is 61.2 Å². The second-order valence-corrected chi connectivity index (χ2v) is 10.2. The van der Waals surface area contributed by atoms with E-state index in [-0.39, 0.29) is 0 Å². The van der Waals surface area contributed by atoms with Gasteiger partial charge in [-0.2, -0.15) is 9.97 Å². The van der Waals surface area contributed by atoms with E-state index in [1.807, 2.05) is 0 Å². The van der Waals surface area contributed by atoms with Crippen LogP contribution in [0.2, 0.25) is 0 Å². The predicted octanol–water partition coefficient (Wildman–Crippen LogP) is 5.21. The van der Waals surface area contributed by atoms with Crippen molar-refractivity contribution >= 4 is 22.3 Å².